The molecule has 0 spiro atoms. The molecule has 2 aromatic heterocycles. The molecule has 1 atom stereocenters. The van der Waals surface area contributed by atoms with Crippen molar-refractivity contribution in [3.05, 3.63) is 80.5 Å². The number of hydrogen-bond acceptors (Lipinski definition) is 3. The van der Waals surface area contributed by atoms with Crippen LogP contribution in [-0.2, 0) is 17.8 Å². The van der Waals surface area contributed by atoms with Crippen LogP contribution >= 0.6 is 22.9 Å². The minimum absolute atomic E-state index is 0.129. The Bertz CT molecular complexity index is 1040. The molecule has 32 heavy (non-hydrogen) atoms. The standard InChI is InChI=1S/C26H31ClN2O2S/c1-3-5-11-21(24-13-9-15-32-24)22(26(30)31)16-20-17-28-25(14-6-4-2)29(20)18-19-10-7-8-12-23(19)27/h7-10,12-13,15-17,21H,3-6,11,14,18H2,1-2H3,(H,30,31)/b22-16+. The molecule has 2 heterocycles. The summed E-state index contributed by atoms with van der Waals surface area (Å²) in [5, 5.41) is 12.9. The van der Waals surface area contributed by atoms with Crippen molar-refractivity contribution >= 4 is 35.0 Å². The smallest absolute Gasteiger partial charge is 0.332 e. The summed E-state index contributed by atoms with van der Waals surface area (Å²) in [6.07, 6.45) is 9.40. The Balaban J connectivity index is 2.05. The zero-order valence-electron chi connectivity index (χ0n) is 18.8. The van der Waals surface area contributed by atoms with Gasteiger partial charge in [-0.2, -0.15) is 0 Å². The van der Waals surface area contributed by atoms with Crippen molar-refractivity contribution in [1.29, 1.82) is 0 Å². The number of halogens is 1. The Morgan fingerprint density at radius 1 is 1.19 bits per heavy atom. The number of carboxylic acids is 1. The van der Waals surface area contributed by atoms with Crippen molar-refractivity contribution < 1.29 is 9.90 Å². The van der Waals surface area contributed by atoms with Crippen molar-refractivity contribution in [3.8, 4) is 0 Å². The van der Waals surface area contributed by atoms with E-state index in [1.165, 1.54) is 0 Å². The Hall–Kier alpha value is -2.37. The molecule has 1 unspecified atom stereocenters. The van der Waals surface area contributed by atoms with Crippen LogP contribution in [0.2, 0.25) is 5.02 Å². The van der Waals surface area contributed by atoms with Crippen LogP contribution < -0.4 is 0 Å². The Morgan fingerprint density at radius 3 is 2.62 bits per heavy atom. The van der Waals surface area contributed by atoms with Crippen molar-refractivity contribution in [2.45, 2.75) is 64.8 Å². The van der Waals surface area contributed by atoms with Gasteiger partial charge < -0.3 is 9.67 Å². The molecule has 0 amide bonds. The number of thiophene rings is 1. The third kappa shape index (κ3) is 6.11. The number of imidazole rings is 1. The number of rotatable bonds is 12. The average molecular weight is 471 g/mol. The molecule has 0 saturated carbocycles. The molecule has 6 heteroatoms. The lowest BCUT2D eigenvalue weighted by Crippen LogP contribution is -2.12. The first kappa shape index (κ1) is 24.3. The normalized spacial score (nSPS) is 12.8. The van der Waals surface area contributed by atoms with Crippen LogP contribution in [0.4, 0.5) is 0 Å². The van der Waals surface area contributed by atoms with Gasteiger partial charge >= 0.3 is 5.97 Å². The van der Waals surface area contributed by atoms with Gasteiger partial charge in [0.1, 0.15) is 5.82 Å². The molecule has 3 rings (SSSR count). The lowest BCUT2D eigenvalue weighted by molar-refractivity contribution is -0.132. The van der Waals surface area contributed by atoms with Crippen molar-refractivity contribution in [2.24, 2.45) is 0 Å². The SMILES string of the molecule is CCCCc1ncc(/C=C(/C(=O)O)C(CCCC)c2cccs2)n1Cc1ccccc1Cl. The summed E-state index contributed by atoms with van der Waals surface area (Å²) in [6, 6.07) is 11.8. The highest BCUT2D eigenvalue weighted by Crippen LogP contribution is 2.34. The van der Waals surface area contributed by atoms with Gasteiger partial charge in [0.2, 0.25) is 0 Å². The summed E-state index contributed by atoms with van der Waals surface area (Å²) in [7, 11) is 0. The van der Waals surface area contributed by atoms with Gasteiger partial charge in [-0.25, -0.2) is 9.78 Å². The number of carbonyl (C=O) groups is 1. The van der Waals surface area contributed by atoms with E-state index in [2.05, 4.69) is 23.4 Å². The molecule has 1 aromatic carbocycles. The van der Waals surface area contributed by atoms with Crippen LogP contribution in [0.3, 0.4) is 0 Å². The van der Waals surface area contributed by atoms with Crippen LogP contribution in [0.25, 0.3) is 6.08 Å². The van der Waals surface area contributed by atoms with Crippen molar-refractivity contribution in [3.63, 3.8) is 0 Å². The van der Waals surface area contributed by atoms with Crippen molar-refractivity contribution in [1.82, 2.24) is 9.55 Å². The van der Waals surface area contributed by atoms with E-state index in [0.29, 0.717) is 17.1 Å². The summed E-state index contributed by atoms with van der Waals surface area (Å²) in [6.45, 7) is 4.86. The maximum absolute atomic E-state index is 12.4. The first-order valence-corrected chi connectivity index (χ1v) is 12.6. The Morgan fingerprint density at radius 2 is 1.97 bits per heavy atom. The molecule has 170 valence electrons. The maximum Gasteiger partial charge on any atom is 0.332 e. The molecule has 4 nitrogen and oxygen atoms in total. The second kappa shape index (κ2) is 12.0. The third-order valence-electron chi connectivity index (χ3n) is 5.67. The van der Waals surface area contributed by atoms with E-state index in [1.54, 1.807) is 17.5 Å². The summed E-state index contributed by atoms with van der Waals surface area (Å²) in [5.41, 5.74) is 2.23. The fourth-order valence-electron chi connectivity index (χ4n) is 3.88. The molecule has 0 aliphatic heterocycles. The van der Waals surface area contributed by atoms with E-state index >= 15 is 0 Å². The van der Waals surface area contributed by atoms with Gasteiger partial charge in [-0.15, -0.1) is 11.3 Å². The van der Waals surface area contributed by atoms with Crippen LogP contribution in [0.15, 0.2) is 53.5 Å². The molecule has 0 radical (unpaired) electrons. The second-order valence-electron chi connectivity index (χ2n) is 8.00. The minimum Gasteiger partial charge on any atom is -0.478 e. The maximum atomic E-state index is 12.4. The van der Waals surface area contributed by atoms with E-state index in [9.17, 15) is 9.90 Å². The van der Waals surface area contributed by atoms with Crippen LogP contribution in [-0.4, -0.2) is 20.6 Å². The van der Waals surface area contributed by atoms with Gasteiger partial charge in [0.15, 0.2) is 0 Å². The predicted octanol–water partition coefficient (Wildman–Crippen LogP) is 7.43. The molecule has 1 N–H and O–H groups in total. The molecule has 0 aliphatic carbocycles. The number of hydrogen-bond donors (Lipinski definition) is 1. The van der Waals surface area contributed by atoms with Crippen LogP contribution in [0, 0.1) is 0 Å². The molecule has 0 fully saturated rings. The molecular formula is C26H31ClN2O2S. The first-order chi connectivity index (χ1) is 15.5. The number of unbranched alkanes of at least 4 members (excludes halogenated alkanes) is 2. The number of aliphatic carboxylic acids is 1. The van der Waals surface area contributed by atoms with E-state index < -0.39 is 5.97 Å². The summed E-state index contributed by atoms with van der Waals surface area (Å²) in [5.74, 6) is -0.0423. The topological polar surface area (TPSA) is 55.1 Å². The average Bonchev–Trinajstić information content (AvgIpc) is 3.44. The highest BCUT2D eigenvalue weighted by Gasteiger charge is 2.24. The number of nitrogens with zero attached hydrogens (tertiary/aromatic N) is 2. The van der Waals surface area contributed by atoms with E-state index in [1.807, 2.05) is 47.9 Å². The highest BCUT2D eigenvalue weighted by atomic mass is 35.5. The fourth-order valence-corrected chi connectivity index (χ4v) is 4.95. The van der Waals surface area contributed by atoms with E-state index in [0.717, 1.165) is 60.5 Å². The Kier molecular flexibility index (Phi) is 9.12. The summed E-state index contributed by atoms with van der Waals surface area (Å²) in [4.78, 5) is 18.1. The Labute approximate surface area is 199 Å². The van der Waals surface area contributed by atoms with Crippen LogP contribution in [0.5, 0.6) is 0 Å². The molecule has 0 bridgehead atoms. The fraction of sp³-hybridized carbons (Fsp3) is 0.385. The number of benzene rings is 1. The monoisotopic (exact) mass is 470 g/mol. The zero-order valence-corrected chi connectivity index (χ0v) is 20.3. The predicted molar refractivity (Wildman–Crippen MR) is 134 cm³/mol. The van der Waals surface area contributed by atoms with Gasteiger partial charge in [-0.3, -0.25) is 0 Å². The van der Waals surface area contributed by atoms with Gasteiger partial charge in [-0.05, 0) is 42.0 Å². The lowest BCUT2D eigenvalue weighted by atomic mass is 9.91. The largest absolute Gasteiger partial charge is 0.478 e. The molecule has 0 saturated heterocycles. The molecule has 0 aliphatic rings. The quantitative estimate of drug-likeness (QED) is 0.280. The van der Waals surface area contributed by atoms with Gasteiger partial charge in [-0.1, -0.05) is 69.0 Å². The minimum atomic E-state index is -0.875. The van der Waals surface area contributed by atoms with E-state index in [-0.39, 0.29) is 5.92 Å². The second-order valence-corrected chi connectivity index (χ2v) is 9.38. The third-order valence-corrected chi connectivity index (χ3v) is 7.02. The van der Waals surface area contributed by atoms with Crippen molar-refractivity contribution in [2.75, 3.05) is 0 Å². The lowest BCUT2D eigenvalue weighted by Gasteiger charge is -2.17. The van der Waals surface area contributed by atoms with Gasteiger partial charge in [0.05, 0.1) is 18.4 Å². The summed E-state index contributed by atoms with van der Waals surface area (Å²) >= 11 is 8.06. The number of aromatic nitrogens is 2. The van der Waals surface area contributed by atoms with Gasteiger partial charge in [0.25, 0.3) is 0 Å². The zero-order chi connectivity index (χ0) is 22.9. The number of aryl methyl sites for hydroxylation is 1. The highest BCUT2D eigenvalue weighted by molar-refractivity contribution is 7.10. The summed E-state index contributed by atoms with van der Waals surface area (Å²) < 4.78 is 2.12. The molecule has 3 aromatic rings. The number of carboxylic acid groups (broad SMARTS) is 1. The van der Waals surface area contributed by atoms with Crippen LogP contribution in [0.1, 0.15) is 73.8 Å². The molecular weight excluding hydrogens is 440 g/mol. The first-order valence-electron chi connectivity index (χ1n) is 11.3. The van der Waals surface area contributed by atoms with E-state index in [4.69, 9.17) is 11.6 Å². The van der Waals surface area contributed by atoms with Gasteiger partial charge in [0, 0.05) is 27.8 Å².